The van der Waals surface area contributed by atoms with Gasteiger partial charge in [0.15, 0.2) is 5.79 Å². The summed E-state index contributed by atoms with van der Waals surface area (Å²) in [5.41, 5.74) is 0.839. The van der Waals surface area contributed by atoms with Crippen molar-refractivity contribution in [2.45, 2.75) is 25.2 Å². The highest BCUT2D eigenvalue weighted by Gasteiger charge is 2.39. The van der Waals surface area contributed by atoms with E-state index in [2.05, 4.69) is 4.90 Å². The third kappa shape index (κ3) is 2.77. The van der Waals surface area contributed by atoms with Crippen LogP contribution in [0, 0.1) is 5.82 Å². The molecule has 0 N–H and O–H groups in total. The first-order valence-electron chi connectivity index (χ1n) is 6.62. The second-order valence-electron chi connectivity index (χ2n) is 5.10. The molecule has 0 unspecified atom stereocenters. The minimum absolute atomic E-state index is 0.233. The minimum atomic E-state index is -0.359. The topological polar surface area (TPSA) is 21.7 Å². The number of nitrogens with zero attached hydrogens (tertiary/aromatic N) is 1. The van der Waals surface area contributed by atoms with Gasteiger partial charge in [0.25, 0.3) is 0 Å². The number of hydrogen-bond donors (Lipinski definition) is 0. The van der Waals surface area contributed by atoms with E-state index >= 15 is 0 Å². The first kappa shape index (κ1) is 13.3. The number of likely N-dealkylation sites (tertiary alicyclic amines) is 1. The molecule has 1 aromatic rings. The van der Waals surface area contributed by atoms with Gasteiger partial charge >= 0.3 is 0 Å². The van der Waals surface area contributed by atoms with Crippen LogP contribution >= 0.6 is 11.6 Å². The Kier molecular flexibility index (Phi) is 3.76. The SMILES string of the molecule is Fc1cccc(CN2CCC3(CC2)OCCO3)c1Cl. The Morgan fingerprint density at radius 3 is 2.58 bits per heavy atom. The highest BCUT2D eigenvalue weighted by atomic mass is 35.5. The number of hydrogen-bond acceptors (Lipinski definition) is 3. The van der Waals surface area contributed by atoms with E-state index in [4.69, 9.17) is 21.1 Å². The highest BCUT2D eigenvalue weighted by Crippen LogP contribution is 2.32. The Bertz CT molecular complexity index is 453. The lowest BCUT2D eigenvalue weighted by Gasteiger charge is -2.37. The van der Waals surface area contributed by atoms with E-state index in [1.807, 2.05) is 6.07 Å². The van der Waals surface area contributed by atoms with Crippen LogP contribution in [0.2, 0.25) is 5.02 Å². The van der Waals surface area contributed by atoms with Crippen molar-refractivity contribution >= 4 is 11.6 Å². The highest BCUT2D eigenvalue weighted by molar-refractivity contribution is 6.31. The number of benzene rings is 1. The first-order chi connectivity index (χ1) is 9.19. The third-order valence-corrected chi connectivity index (χ3v) is 4.28. The number of piperidine rings is 1. The molecule has 2 aliphatic heterocycles. The average molecular weight is 286 g/mol. The van der Waals surface area contributed by atoms with E-state index in [-0.39, 0.29) is 16.6 Å². The van der Waals surface area contributed by atoms with Gasteiger partial charge in [0.1, 0.15) is 5.82 Å². The second kappa shape index (κ2) is 5.37. The Hall–Kier alpha value is -0.680. The van der Waals surface area contributed by atoms with Crippen LogP contribution in [0.5, 0.6) is 0 Å². The quantitative estimate of drug-likeness (QED) is 0.834. The van der Waals surface area contributed by atoms with Gasteiger partial charge in [-0.2, -0.15) is 0 Å². The summed E-state index contributed by atoms with van der Waals surface area (Å²) >= 11 is 5.98. The molecule has 3 nitrogen and oxygen atoms in total. The molecule has 0 amide bonds. The molecule has 2 heterocycles. The lowest BCUT2D eigenvalue weighted by atomic mass is 10.0. The van der Waals surface area contributed by atoms with Gasteiger partial charge in [0.2, 0.25) is 0 Å². The molecular formula is C14H17ClFNO2. The van der Waals surface area contributed by atoms with Crippen molar-refractivity contribution in [3.63, 3.8) is 0 Å². The summed E-state index contributed by atoms with van der Waals surface area (Å²) in [5, 5.41) is 0.233. The maximum atomic E-state index is 13.4. The van der Waals surface area contributed by atoms with Crippen LogP contribution in [-0.2, 0) is 16.0 Å². The maximum Gasteiger partial charge on any atom is 0.170 e. The van der Waals surface area contributed by atoms with Gasteiger partial charge in [0.05, 0.1) is 18.2 Å². The molecule has 1 aromatic carbocycles. The largest absolute Gasteiger partial charge is 0.347 e. The fraction of sp³-hybridized carbons (Fsp3) is 0.571. The molecule has 2 aliphatic rings. The van der Waals surface area contributed by atoms with Crippen molar-refractivity contribution in [1.29, 1.82) is 0 Å². The molecule has 0 aliphatic carbocycles. The van der Waals surface area contributed by atoms with Crippen molar-refractivity contribution in [1.82, 2.24) is 4.90 Å². The Labute approximate surface area is 117 Å². The van der Waals surface area contributed by atoms with Crippen molar-refractivity contribution in [2.75, 3.05) is 26.3 Å². The molecule has 0 atom stereocenters. The van der Waals surface area contributed by atoms with E-state index in [0.29, 0.717) is 19.8 Å². The van der Waals surface area contributed by atoms with Gasteiger partial charge < -0.3 is 9.47 Å². The zero-order valence-electron chi connectivity index (χ0n) is 10.7. The molecule has 104 valence electrons. The monoisotopic (exact) mass is 285 g/mol. The van der Waals surface area contributed by atoms with Crippen molar-refractivity contribution in [3.8, 4) is 0 Å². The van der Waals surface area contributed by atoms with Crippen molar-refractivity contribution < 1.29 is 13.9 Å². The molecule has 0 radical (unpaired) electrons. The lowest BCUT2D eigenvalue weighted by molar-refractivity contribution is -0.185. The molecular weight excluding hydrogens is 269 g/mol. The summed E-state index contributed by atoms with van der Waals surface area (Å²) in [4.78, 5) is 2.26. The fourth-order valence-corrected chi connectivity index (χ4v) is 2.93. The summed E-state index contributed by atoms with van der Waals surface area (Å²) in [6.07, 6.45) is 1.72. The molecule has 3 rings (SSSR count). The number of halogens is 2. The molecule has 2 saturated heterocycles. The van der Waals surface area contributed by atoms with Gasteiger partial charge in [-0.1, -0.05) is 23.7 Å². The van der Waals surface area contributed by atoms with Crippen LogP contribution in [0.3, 0.4) is 0 Å². The molecule has 5 heteroatoms. The summed E-state index contributed by atoms with van der Waals surface area (Å²) in [5.74, 6) is -0.711. The van der Waals surface area contributed by atoms with Gasteiger partial charge in [0, 0.05) is 32.5 Å². The second-order valence-corrected chi connectivity index (χ2v) is 5.47. The van der Waals surface area contributed by atoms with Crippen LogP contribution in [-0.4, -0.2) is 37.0 Å². The van der Waals surface area contributed by atoms with E-state index in [1.165, 1.54) is 6.07 Å². The Morgan fingerprint density at radius 1 is 1.21 bits per heavy atom. The molecule has 19 heavy (non-hydrogen) atoms. The Morgan fingerprint density at radius 2 is 1.89 bits per heavy atom. The van der Waals surface area contributed by atoms with E-state index in [9.17, 15) is 4.39 Å². The van der Waals surface area contributed by atoms with Crippen LogP contribution in [0.1, 0.15) is 18.4 Å². The zero-order chi connectivity index (χ0) is 13.3. The molecule has 0 aromatic heterocycles. The molecule has 2 fully saturated rings. The van der Waals surface area contributed by atoms with Crippen LogP contribution in [0.25, 0.3) is 0 Å². The predicted molar refractivity (Wildman–Crippen MR) is 70.6 cm³/mol. The number of ether oxygens (including phenoxy) is 2. The van der Waals surface area contributed by atoms with E-state index < -0.39 is 0 Å². The van der Waals surface area contributed by atoms with Gasteiger partial charge in [-0.15, -0.1) is 0 Å². The normalized spacial score (nSPS) is 23.1. The van der Waals surface area contributed by atoms with Gasteiger partial charge in [-0.25, -0.2) is 4.39 Å². The van der Waals surface area contributed by atoms with Crippen molar-refractivity contribution in [3.05, 3.63) is 34.6 Å². The third-order valence-electron chi connectivity index (χ3n) is 3.86. The fourth-order valence-electron chi connectivity index (χ4n) is 2.75. The summed E-state index contributed by atoms with van der Waals surface area (Å²) in [7, 11) is 0. The Balaban J connectivity index is 1.61. The van der Waals surface area contributed by atoms with Crippen LogP contribution in [0.15, 0.2) is 18.2 Å². The lowest BCUT2D eigenvalue weighted by Crippen LogP contribution is -2.44. The summed E-state index contributed by atoms with van der Waals surface area (Å²) in [6, 6.07) is 4.96. The van der Waals surface area contributed by atoms with Crippen LogP contribution < -0.4 is 0 Å². The first-order valence-corrected chi connectivity index (χ1v) is 6.99. The minimum Gasteiger partial charge on any atom is -0.347 e. The molecule has 0 bridgehead atoms. The van der Waals surface area contributed by atoms with Crippen LogP contribution in [0.4, 0.5) is 4.39 Å². The predicted octanol–water partition coefficient (Wildman–Crippen LogP) is 2.82. The smallest absolute Gasteiger partial charge is 0.170 e. The van der Waals surface area contributed by atoms with E-state index in [0.717, 1.165) is 31.5 Å². The average Bonchev–Trinajstić information content (AvgIpc) is 2.86. The van der Waals surface area contributed by atoms with Gasteiger partial charge in [-0.05, 0) is 11.6 Å². The molecule has 0 saturated carbocycles. The zero-order valence-corrected chi connectivity index (χ0v) is 11.5. The summed E-state index contributed by atoms with van der Waals surface area (Å²) < 4.78 is 24.8. The molecule has 1 spiro atoms. The summed E-state index contributed by atoms with van der Waals surface area (Å²) in [6.45, 7) is 3.82. The standard InChI is InChI=1S/C14H17ClFNO2/c15-13-11(2-1-3-12(13)16)10-17-6-4-14(5-7-17)18-8-9-19-14/h1-3H,4-10H2. The number of rotatable bonds is 2. The van der Waals surface area contributed by atoms with Crippen molar-refractivity contribution in [2.24, 2.45) is 0 Å². The van der Waals surface area contributed by atoms with E-state index in [1.54, 1.807) is 6.07 Å². The van der Waals surface area contributed by atoms with Gasteiger partial charge in [-0.3, -0.25) is 4.90 Å². The maximum absolute atomic E-state index is 13.4.